The number of nitrogens with zero attached hydrogens (tertiary/aromatic N) is 1. The number of benzene rings is 1. The first-order chi connectivity index (χ1) is 7.15. The summed E-state index contributed by atoms with van der Waals surface area (Å²) in [6.45, 7) is 2.03. The molecule has 0 bridgehead atoms. The fourth-order valence-electron chi connectivity index (χ4n) is 1.11. The van der Waals surface area contributed by atoms with E-state index in [4.69, 9.17) is 0 Å². The van der Waals surface area contributed by atoms with Crippen LogP contribution in [0, 0.1) is 10.1 Å². The highest BCUT2D eigenvalue weighted by molar-refractivity contribution is 7.85. The molecule has 0 amide bonds. The quantitative estimate of drug-likeness (QED) is 0.573. The van der Waals surface area contributed by atoms with E-state index < -0.39 is 15.7 Å². The lowest BCUT2D eigenvalue weighted by molar-refractivity contribution is -0.384. The van der Waals surface area contributed by atoms with Gasteiger partial charge in [0.15, 0.2) is 0 Å². The van der Waals surface area contributed by atoms with Gasteiger partial charge in [-0.1, -0.05) is 13.3 Å². The molecule has 0 heterocycles. The van der Waals surface area contributed by atoms with Crippen LogP contribution in [-0.2, 0) is 10.8 Å². The molecular formula is C10H13NO3S. The molecule has 82 valence electrons. The highest BCUT2D eigenvalue weighted by Crippen LogP contribution is 2.15. The number of nitro groups is 1. The normalized spacial score (nSPS) is 12.3. The lowest BCUT2D eigenvalue weighted by Gasteiger charge is -2.00. The molecule has 1 atom stereocenters. The van der Waals surface area contributed by atoms with Gasteiger partial charge in [-0.15, -0.1) is 0 Å². The molecule has 0 N–H and O–H groups in total. The predicted octanol–water partition coefficient (Wildman–Crippen LogP) is 2.50. The van der Waals surface area contributed by atoms with E-state index >= 15 is 0 Å². The van der Waals surface area contributed by atoms with Crippen LogP contribution in [0.2, 0.25) is 0 Å². The molecule has 5 heteroatoms. The van der Waals surface area contributed by atoms with Crippen LogP contribution < -0.4 is 0 Å². The van der Waals surface area contributed by atoms with Crippen LogP contribution in [-0.4, -0.2) is 14.9 Å². The molecule has 1 rings (SSSR count). The molecule has 0 aliphatic heterocycles. The maximum absolute atomic E-state index is 11.6. The van der Waals surface area contributed by atoms with Gasteiger partial charge in [0.05, 0.1) is 15.7 Å². The van der Waals surface area contributed by atoms with E-state index in [1.807, 2.05) is 6.92 Å². The highest BCUT2D eigenvalue weighted by atomic mass is 32.2. The Balaban J connectivity index is 2.71. The molecule has 1 aromatic carbocycles. The van der Waals surface area contributed by atoms with E-state index in [-0.39, 0.29) is 5.69 Å². The Morgan fingerprint density at radius 2 is 1.93 bits per heavy atom. The molecule has 4 nitrogen and oxygen atoms in total. The van der Waals surface area contributed by atoms with Crippen molar-refractivity contribution in [2.45, 2.75) is 24.7 Å². The second-order valence-corrected chi connectivity index (χ2v) is 4.72. The van der Waals surface area contributed by atoms with E-state index in [9.17, 15) is 14.3 Å². The molecule has 1 aromatic rings. The van der Waals surface area contributed by atoms with Crippen LogP contribution in [0.3, 0.4) is 0 Å². The van der Waals surface area contributed by atoms with Crippen LogP contribution in [0.5, 0.6) is 0 Å². The molecule has 0 saturated carbocycles. The van der Waals surface area contributed by atoms with Crippen LogP contribution in [0.15, 0.2) is 29.2 Å². The lowest BCUT2D eigenvalue weighted by atomic mass is 10.3. The van der Waals surface area contributed by atoms with Crippen molar-refractivity contribution in [2.75, 3.05) is 5.75 Å². The van der Waals surface area contributed by atoms with Crippen molar-refractivity contribution in [1.82, 2.24) is 0 Å². The molecule has 0 aromatic heterocycles. The first-order valence-corrected chi connectivity index (χ1v) is 6.10. The Bertz CT molecular complexity index is 361. The molecule has 0 fully saturated rings. The fraction of sp³-hybridized carbons (Fsp3) is 0.400. The fourth-order valence-corrected chi connectivity index (χ4v) is 2.34. The van der Waals surface area contributed by atoms with Gasteiger partial charge in [-0.3, -0.25) is 14.3 Å². The van der Waals surface area contributed by atoms with Gasteiger partial charge >= 0.3 is 0 Å². The second-order valence-electron chi connectivity index (χ2n) is 3.15. The summed E-state index contributed by atoms with van der Waals surface area (Å²) in [5.41, 5.74) is 0.0336. The first-order valence-electron chi connectivity index (χ1n) is 4.78. The summed E-state index contributed by atoms with van der Waals surface area (Å²) in [6, 6.07) is 5.90. The van der Waals surface area contributed by atoms with Crippen LogP contribution >= 0.6 is 0 Å². The van der Waals surface area contributed by atoms with Gasteiger partial charge in [-0.25, -0.2) is 0 Å². The topological polar surface area (TPSA) is 60.2 Å². The van der Waals surface area contributed by atoms with Gasteiger partial charge in [0.1, 0.15) is 0 Å². The molecule has 0 aliphatic carbocycles. The van der Waals surface area contributed by atoms with E-state index in [1.165, 1.54) is 12.1 Å². The van der Waals surface area contributed by atoms with Crippen molar-refractivity contribution < 1.29 is 9.13 Å². The third-order valence-corrected chi connectivity index (χ3v) is 3.45. The standard InChI is InChI=1S/C10H13NO3S/c1-2-3-8-15(14)10-6-4-9(5-7-10)11(12)13/h4-7H,2-3,8H2,1H3. The number of non-ortho nitro benzene ring substituents is 1. The Labute approximate surface area is 90.9 Å². The van der Waals surface area contributed by atoms with Crippen LogP contribution in [0.1, 0.15) is 19.8 Å². The van der Waals surface area contributed by atoms with Gasteiger partial charge < -0.3 is 0 Å². The first kappa shape index (κ1) is 11.8. The number of hydrogen-bond donors (Lipinski definition) is 0. The minimum absolute atomic E-state index is 0.0336. The Morgan fingerprint density at radius 3 is 2.40 bits per heavy atom. The Hall–Kier alpha value is -1.23. The van der Waals surface area contributed by atoms with Crippen LogP contribution in [0.4, 0.5) is 5.69 Å². The summed E-state index contributed by atoms with van der Waals surface area (Å²) in [5, 5.41) is 10.4. The van der Waals surface area contributed by atoms with Crippen molar-refractivity contribution in [3.63, 3.8) is 0 Å². The molecular weight excluding hydrogens is 214 g/mol. The van der Waals surface area contributed by atoms with Gasteiger partial charge in [-0.05, 0) is 18.6 Å². The smallest absolute Gasteiger partial charge is 0.258 e. The maximum Gasteiger partial charge on any atom is 0.269 e. The van der Waals surface area contributed by atoms with Crippen molar-refractivity contribution in [1.29, 1.82) is 0 Å². The third-order valence-electron chi connectivity index (χ3n) is 1.99. The Kier molecular flexibility index (Phi) is 4.42. The second kappa shape index (κ2) is 5.60. The summed E-state index contributed by atoms with van der Waals surface area (Å²) in [7, 11) is -1.03. The lowest BCUT2D eigenvalue weighted by Crippen LogP contribution is -1.97. The van der Waals surface area contributed by atoms with E-state index in [2.05, 4.69) is 0 Å². The third kappa shape index (κ3) is 3.43. The minimum Gasteiger partial charge on any atom is -0.258 e. The zero-order valence-corrected chi connectivity index (χ0v) is 9.33. The molecule has 0 saturated heterocycles. The Morgan fingerprint density at radius 1 is 1.33 bits per heavy atom. The zero-order chi connectivity index (χ0) is 11.3. The van der Waals surface area contributed by atoms with E-state index in [1.54, 1.807) is 12.1 Å². The maximum atomic E-state index is 11.6. The van der Waals surface area contributed by atoms with Crippen molar-refractivity contribution in [3.05, 3.63) is 34.4 Å². The molecule has 1 unspecified atom stereocenters. The summed E-state index contributed by atoms with van der Waals surface area (Å²) in [5.74, 6) is 0.619. The van der Waals surface area contributed by atoms with Gasteiger partial charge in [0.2, 0.25) is 0 Å². The summed E-state index contributed by atoms with van der Waals surface area (Å²) in [4.78, 5) is 10.6. The molecule has 15 heavy (non-hydrogen) atoms. The predicted molar refractivity (Wildman–Crippen MR) is 59.3 cm³/mol. The minimum atomic E-state index is -1.03. The van der Waals surface area contributed by atoms with E-state index in [0.29, 0.717) is 10.6 Å². The molecule has 0 radical (unpaired) electrons. The van der Waals surface area contributed by atoms with Gasteiger partial charge in [-0.2, -0.15) is 0 Å². The number of nitro benzene ring substituents is 1. The number of hydrogen-bond acceptors (Lipinski definition) is 3. The van der Waals surface area contributed by atoms with Crippen molar-refractivity contribution >= 4 is 16.5 Å². The monoisotopic (exact) mass is 227 g/mol. The summed E-state index contributed by atoms with van der Waals surface area (Å²) >= 11 is 0. The van der Waals surface area contributed by atoms with Gasteiger partial charge in [0.25, 0.3) is 5.69 Å². The largest absolute Gasteiger partial charge is 0.269 e. The van der Waals surface area contributed by atoms with Gasteiger partial charge in [0, 0.05) is 22.8 Å². The summed E-state index contributed by atoms with van der Waals surface area (Å²) < 4.78 is 11.6. The SMILES string of the molecule is CCCCS(=O)c1ccc([N+](=O)[O-])cc1. The van der Waals surface area contributed by atoms with Crippen molar-refractivity contribution in [3.8, 4) is 0 Å². The molecule has 0 spiro atoms. The zero-order valence-electron chi connectivity index (χ0n) is 8.51. The van der Waals surface area contributed by atoms with E-state index in [0.717, 1.165) is 12.8 Å². The number of unbranched alkanes of at least 4 members (excludes halogenated alkanes) is 1. The van der Waals surface area contributed by atoms with Crippen molar-refractivity contribution in [2.24, 2.45) is 0 Å². The van der Waals surface area contributed by atoms with Crippen LogP contribution in [0.25, 0.3) is 0 Å². The number of rotatable bonds is 5. The molecule has 0 aliphatic rings. The highest BCUT2D eigenvalue weighted by Gasteiger charge is 2.07. The summed E-state index contributed by atoms with van der Waals surface area (Å²) in [6.07, 6.45) is 1.91. The average molecular weight is 227 g/mol. The average Bonchev–Trinajstić information content (AvgIpc) is 2.26.